The summed E-state index contributed by atoms with van der Waals surface area (Å²) in [6, 6.07) is 12.5. The van der Waals surface area contributed by atoms with Crippen LogP contribution in [0.25, 0.3) is 11.1 Å². The Labute approximate surface area is 132 Å². The van der Waals surface area contributed by atoms with Crippen LogP contribution >= 0.6 is 0 Å². The number of hydrogen-bond acceptors (Lipinski definition) is 4. The molecule has 0 atom stereocenters. The number of ether oxygens (including phenoxy) is 1. The lowest BCUT2D eigenvalue weighted by atomic mass is 10.1. The summed E-state index contributed by atoms with van der Waals surface area (Å²) in [5.74, 6) is 1.97. The number of hydrogen-bond donors (Lipinski definition) is 0. The lowest BCUT2D eigenvalue weighted by Crippen LogP contribution is -2.44. The van der Waals surface area contributed by atoms with E-state index >= 15 is 0 Å². The Hall–Kier alpha value is -2.07. The smallest absolute Gasteiger partial charge is 0.129 e. The molecule has 1 aromatic heterocycles. The Balaban J connectivity index is 1.88. The Morgan fingerprint density at radius 3 is 2.27 bits per heavy atom. The van der Waals surface area contributed by atoms with Crippen molar-refractivity contribution in [2.75, 3.05) is 45.2 Å². The fraction of sp³-hybridized carbons (Fsp3) is 0.389. The average Bonchev–Trinajstić information content (AvgIpc) is 2.55. The number of benzene rings is 1. The van der Waals surface area contributed by atoms with E-state index in [4.69, 9.17) is 9.72 Å². The van der Waals surface area contributed by atoms with Gasteiger partial charge in [-0.3, -0.25) is 0 Å². The van der Waals surface area contributed by atoms with Crippen molar-refractivity contribution in [1.29, 1.82) is 0 Å². The summed E-state index contributed by atoms with van der Waals surface area (Å²) in [5, 5.41) is 0. The lowest BCUT2D eigenvalue weighted by molar-refractivity contribution is 0.312. The van der Waals surface area contributed by atoms with E-state index in [1.54, 1.807) is 7.11 Å². The summed E-state index contributed by atoms with van der Waals surface area (Å²) in [4.78, 5) is 9.46. The van der Waals surface area contributed by atoms with Gasteiger partial charge in [-0.1, -0.05) is 12.1 Å². The predicted molar refractivity (Wildman–Crippen MR) is 90.7 cm³/mol. The predicted octanol–water partition coefficient (Wildman–Crippen LogP) is 2.82. The second-order valence-electron chi connectivity index (χ2n) is 5.87. The van der Waals surface area contributed by atoms with E-state index in [2.05, 4.69) is 48.0 Å². The molecule has 0 bridgehead atoms. The molecule has 0 aliphatic carbocycles. The van der Waals surface area contributed by atoms with Crippen molar-refractivity contribution in [3.8, 4) is 16.9 Å². The van der Waals surface area contributed by atoms with E-state index in [1.807, 2.05) is 12.1 Å². The van der Waals surface area contributed by atoms with E-state index in [-0.39, 0.29) is 0 Å². The molecule has 0 saturated carbocycles. The van der Waals surface area contributed by atoms with Crippen LogP contribution in [0.4, 0.5) is 5.82 Å². The fourth-order valence-electron chi connectivity index (χ4n) is 2.80. The highest BCUT2D eigenvalue weighted by Crippen LogP contribution is 2.26. The Bertz CT molecular complexity index is 631. The van der Waals surface area contributed by atoms with Gasteiger partial charge in [0, 0.05) is 31.9 Å². The van der Waals surface area contributed by atoms with E-state index in [0.29, 0.717) is 0 Å². The number of anilines is 1. The highest BCUT2D eigenvalue weighted by atomic mass is 16.5. The molecule has 2 aromatic rings. The molecule has 1 aliphatic heterocycles. The van der Waals surface area contributed by atoms with Gasteiger partial charge in [0.05, 0.1) is 7.11 Å². The monoisotopic (exact) mass is 297 g/mol. The highest BCUT2D eigenvalue weighted by molar-refractivity contribution is 5.68. The second-order valence-corrected chi connectivity index (χ2v) is 5.87. The minimum Gasteiger partial charge on any atom is -0.497 e. The molecule has 0 unspecified atom stereocenters. The van der Waals surface area contributed by atoms with Crippen molar-refractivity contribution in [2.45, 2.75) is 6.92 Å². The van der Waals surface area contributed by atoms with E-state index in [0.717, 1.165) is 43.4 Å². The zero-order chi connectivity index (χ0) is 15.5. The van der Waals surface area contributed by atoms with E-state index in [1.165, 1.54) is 11.1 Å². The summed E-state index contributed by atoms with van der Waals surface area (Å²) in [5.41, 5.74) is 3.47. The SMILES string of the molecule is COc1ccc(-c2cc(C)nc(N3CCN(C)CC3)c2)cc1. The molecule has 4 nitrogen and oxygen atoms in total. The minimum atomic E-state index is 0.883. The number of aromatic nitrogens is 1. The molecule has 1 aromatic carbocycles. The molecule has 0 radical (unpaired) electrons. The van der Waals surface area contributed by atoms with Crippen molar-refractivity contribution in [3.05, 3.63) is 42.1 Å². The molecule has 1 saturated heterocycles. The number of rotatable bonds is 3. The molecule has 1 fully saturated rings. The number of likely N-dealkylation sites (N-methyl/N-ethyl adjacent to an activating group) is 1. The molecular weight excluding hydrogens is 274 g/mol. The van der Waals surface area contributed by atoms with Gasteiger partial charge in [-0.15, -0.1) is 0 Å². The normalized spacial score (nSPS) is 15.9. The van der Waals surface area contributed by atoms with Gasteiger partial charge in [-0.05, 0) is 49.4 Å². The summed E-state index contributed by atoms with van der Waals surface area (Å²) in [6.45, 7) is 6.32. The van der Waals surface area contributed by atoms with E-state index in [9.17, 15) is 0 Å². The molecule has 116 valence electrons. The molecule has 0 N–H and O–H groups in total. The zero-order valence-electron chi connectivity index (χ0n) is 13.5. The van der Waals surface area contributed by atoms with Crippen LogP contribution in [0, 0.1) is 6.92 Å². The van der Waals surface area contributed by atoms with Crippen molar-refractivity contribution < 1.29 is 4.74 Å². The Morgan fingerprint density at radius 1 is 0.955 bits per heavy atom. The number of methoxy groups -OCH3 is 1. The molecule has 22 heavy (non-hydrogen) atoms. The van der Waals surface area contributed by atoms with Crippen molar-refractivity contribution in [1.82, 2.24) is 9.88 Å². The van der Waals surface area contributed by atoms with Crippen LogP contribution in [-0.4, -0.2) is 50.2 Å². The lowest BCUT2D eigenvalue weighted by Gasteiger charge is -2.33. The topological polar surface area (TPSA) is 28.6 Å². The molecule has 0 amide bonds. The Morgan fingerprint density at radius 2 is 1.64 bits per heavy atom. The van der Waals surface area contributed by atoms with Crippen LogP contribution < -0.4 is 9.64 Å². The molecule has 1 aliphatic rings. The second kappa shape index (κ2) is 6.36. The maximum Gasteiger partial charge on any atom is 0.129 e. The summed E-state index contributed by atoms with van der Waals surface area (Å²) < 4.78 is 5.23. The first kappa shape index (κ1) is 14.9. The summed E-state index contributed by atoms with van der Waals surface area (Å²) in [7, 11) is 3.86. The standard InChI is InChI=1S/C18H23N3O/c1-14-12-16(15-4-6-17(22-3)7-5-15)13-18(19-14)21-10-8-20(2)9-11-21/h4-7,12-13H,8-11H2,1-3H3. The van der Waals surface area contributed by atoms with Crippen LogP contribution in [-0.2, 0) is 0 Å². The molecule has 3 rings (SSSR count). The number of nitrogens with zero attached hydrogens (tertiary/aromatic N) is 3. The van der Waals surface area contributed by atoms with Gasteiger partial charge >= 0.3 is 0 Å². The third-order valence-electron chi connectivity index (χ3n) is 4.19. The van der Waals surface area contributed by atoms with Crippen molar-refractivity contribution >= 4 is 5.82 Å². The average molecular weight is 297 g/mol. The van der Waals surface area contributed by atoms with Gasteiger partial charge in [0.15, 0.2) is 0 Å². The molecule has 0 spiro atoms. The molecule has 2 heterocycles. The van der Waals surface area contributed by atoms with Crippen LogP contribution in [0.3, 0.4) is 0 Å². The van der Waals surface area contributed by atoms with Gasteiger partial charge in [-0.25, -0.2) is 4.98 Å². The van der Waals surface area contributed by atoms with Gasteiger partial charge in [-0.2, -0.15) is 0 Å². The number of piperazine rings is 1. The number of aryl methyl sites for hydroxylation is 1. The van der Waals surface area contributed by atoms with Gasteiger partial charge < -0.3 is 14.5 Å². The summed E-state index contributed by atoms with van der Waals surface area (Å²) >= 11 is 0. The minimum absolute atomic E-state index is 0.883. The maximum absolute atomic E-state index is 5.23. The highest BCUT2D eigenvalue weighted by Gasteiger charge is 2.16. The third-order valence-corrected chi connectivity index (χ3v) is 4.19. The summed E-state index contributed by atoms with van der Waals surface area (Å²) in [6.07, 6.45) is 0. The fourth-order valence-corrected chi connectivity index (χ4v) is 2.80. The molecular formula is C18H23N3O. The third kappa shape index (κ3) is 3.22. The molecule has 4 heteroatoms. The van der Waals surface area contributed by atoms with E-state index < -0.39 is 0 Å². The van der Waals surface area contributed by atoms with Crippen molar-refractivity contribution in [3.63, 3.8) is 0 Å². The first-order valence-electron chi connectivity index (χ1n) is 7.72. The first-order valence-corrected chi connectivity index (χ1v) is 7.72. The number of pyridine rings is 1. The van der Waals surface area contributed by atoms with Crippen LogP contribution in [0.2, 0.25) is 0 Å². The quantitative estimate of drug-likeness (QED) is 0.871. The Kier molecular flexibility index (Phi) is 4.29. The van der Waals surface area contributed by atoms with Crippen LogP contribution in [0.15, 0.2) is 36.4 Å². The maximum atomic E-state index is 5.23. The van der Waals surface area contributed by atoms with Gasteiger partial charge in [0.1, 0.15) is 11.6 Å². The first-order chi connectivity index (χ1) is 10.7. The van der Waals surface area contributed by atoms with Crippen LogP contribution in [0.1, 0.15) is 5.69 Å². The van der Waals surface area contributed by atoms with Crippen molar-refractivity contribution in [2.24, 2.45) is 0 Å². The van der Waals surface area contributed by atoms with Gasteiger partial charge in [0.2, 0.25) is 0 Å². The van der Waals surface area contributed by atoms with Crippen LogP contribution in [0.5, 0.6) is 5.75 Å². The van der Waals surface area contributed by atoms with Gasteiger partial charge in [0.25, 0.3) is 0 Å². The largest absolute Gasteiger partial charge is 0.497 e. The zero-order valence-corrected chi connectivity index (χ0v) is 13.5.